The van der Waals surface area contributed by atoms with Gasteiger partial charge in [0.25, 0.3) is 0 Å². The van der Waals surface area contributed by atoms with Gasteiger partial charge in [0.2, 0.25) is 0 Å². The van der Waals surface area contributed by atoms with Crippen LogP contribution in [0.5, 0.6) is 0 Å². The van der Waals surface area contributed by atoms with Crippen LogP contribution in [0.4, 0.5) is 0 Å². The van der Waals surface area contributed by atoms with Crippen LogP contribution >= 0.6 is 0 Å². The van der Waals surface area contributed by atoms with Gasteiger partial charge in [0.15, 0.2) is 5.60 Å². The van der Waals surface area contributed by atoms with E-state index in [1.54, 1.807) is 0 Å². The first-order valence-corrected chi connectivity index (χ1v) is 6.93. The van der Waals surface area contributed by atoms with Crippen LogP contribution in [-0.2, 0) is 19.9 Å². The Morgan fingerprint density at radius 1 is 1.16 bits per heavy atom. The molecule has 2 aliphatic heterocycles. The van der Waals surface area contributed by atoms with Crippen molar-refractivity contribution < 1.29 is 14.3 Å². The Bertz CT molecular complexity index is 494. The highest BCUT2D eigenvalue weighted by Gasteiger charge is 2.67. The molecule has 1 aromatic carbocycles. The summed E-state index contributed by atoms with van der Waals surface area (Å²) in [6, 6.07) is 9.75. The number of hydrogen-bond donors (Lipinski definition) is 0. The molecule has 0 N–H and O–H groups in total. The lowest BCUT2D eigenvalue weighted by molar-refractivity contribution is -0.309. The maximum Gasteiger partial charge on any atom is 0.343 e. The summed E-state index contributed by atoms with van der Waals surface area (Å²) in [5, 5.41) is 0. The standard InChI is InChI=1S/C16H20O3/c1-11-9-10-13-15(2,3)19-16(13,14(17)18-11)12-7-5-4-6-8-12/h4-8,11,13H,9-10H2,1-3H3/t11?,13-,16-/m1/s1. The molecular formula is C16H20O3. The van der Waals surface area contributed by atoms with Gasteiger partial charge in [-0.3, -0.25) is 0 Å². The summed E-state index contributed by atoms with van der Waals surface area (Å²) >= 11 is 0. The molecule has 0 saturated carbocycles. The van der Waals surface area contributed by atoms with E-state index in [0.29, 0.717) is 0 Å². The topological polar surface area (TPSA) is 35.5 Å². The molecule has 1 unspecified atom stereocenters. The number of carbonyl (C=O) groups is 1. The average molecular weight is 260 g/mol. The summed E-state index contributed by atoms with van der Waals surface area (Å²) in [7, 11) is 0. The number of ether oxygens (including phenoxy) is 2. The summed E-state index contributed by atoms with van der Waals surface area (Å²) in [6.45, 7) is 6.07. The molecule has 0 spiro atoms. The van der Waals surface area contributed by atoms with Crippen molar-refractivity contribution in [2.45, 2.75) is 50.9 Å². The van der Waals surface area contributed by atoms with Crippen LogP contribution < -0.4 is 0 Å². The zero-order valence-electron chi connectivity index (χ0n) is 11.7. The fourth-order valence-corrected chi connectivity index (χ4v) is 3.52. The first kappa shape index (κ1) is 12.7. The highest BCUT2D eigenvalue weighted by molar-refractivity contribution is 5.84. The van der Waals surface area contributed by atoms with Crippen molar-refractivity contribution in [1.29, 1.82) is 0 Å². The van der Waals surface area contributed by atoms with Gasteiger partial charge in [0.05, 0.1) is 11.7 Å². The number of esters is 1. The largest absolute Gasteiger partial charge is 0.460 e. The first-order chi connectivity index (χ1) is 8.97. The van der Waals surface area contributed by atoms with E-state index in [4.69, 9.17) is 9.47 Å². The average Bonchev–Trinajstić information content (AvgIpc) is 2.46. The molecule has 3 rings (SSSR count). The van der Waals surface area contributed by atoms with Gasteiger partial charge in [-0.1, -0.05) is 30.3 Å². The van der Waals surface area contributed by atoms with Crippen molar-refractivity contribution in [1.82, 2.24) is 0 Å². The molecular weight excluding hydrogens is 240 g/mol. The molecule has 3 nitrogen and oxygen atoms in total. The molecule has 2 heterocycles. The smallest absolute Gasteiger partial charge is 0.343 e. The van der Waals surface area contributed by atoms with Crippen molar-refractivity contribution in [2.24, 2.45) is 5.92 Å². The maximum absolute atomic E-state index is 12.5. The zero-order valence-corrected chi connectivity index (χ0v) is 11.7. The molecule has 0 amide bonds. The Labute approximate surface area is 113 Å². The second-order valence-electron chi connectivity index (χ2n) is 6.15. The highest BCUT2D eigenvalue weighted by atomic mass is 16.6. The lowest BCUT2D eigenvalue weighted by atomic mass is 9.65. The normalized spacial score (nSPS) is 36.7. The molecule has 0 bridgehead atoms. The SMILES string of the molecule is CC1CC[C@@H]2C(C)(C)O[C@@]2(c2ccccc2)C(=O)O1. The lowest BCUT2D eigenvalue weighted by Crippen LogP contribution is -2.66. The molecule has 0 aromatic heterocycles. The number of rotatable bonds is 1. The van der Waals surface area contributed by atoms with E-state index >= 15 is 0 Å². The van der Waals surface area contributed by atoms with Gasteiger partial charge in [-0.2, -0.15) is 0 Å². The summed E-state index contributed by atoms with van der Waals surface area (Å²) in [4.78, 5) is 12.5. The fraction of sp³-hybridized carbons (Fsp3) is 0.562. The van der Waals surface area contributed by atoms with Crippen molar-refractivity contribution in [3.63, 3.8) is 0 Å². The quantitative estimate of drug-likeness (QED) is 0.728. The third kappa shape index (κ3) is 1.71. The van der Waals surface area contributed by atoms with Crippen LogP contribution in [-0.4, -0.2) is 17.7 Å². The summed E-state index contributed by atoms with van der Waals surface area (Å²) in [6.07, 6.45) is 1.82. The van der Waals surface area contributed by atoms with E-state index in [9.17, 15) is 4.79 Å². The number of carbonyl (C=O) groups excluding carboxylic acids is 1. The number of hydrogen-bond acceptors (Lipinski definition) is 3. The van der Waals surface area contributed by atoms with E-state index in [1.807, 2.05) is 37.3 Å². The predicted molar refractivity (Wildman–Crippen MR) is 71.6 cm³/mol. The minimum Gasteiger partial charge on any atom is -0.460 e. The Hall–Kier alpha value is -1.35. The van der Waals surface area contributed by atoms with Gasteiger partial charge in [0, 0.05) is 5.92 Å². The van der Waals surface area contributed by atoms with Gasteiger partial charge in [-0.25, -0.2) is 4.79 Å². The van der Waals surface area contributed by atoms with Crippen LogP contribution in [0.3, 0.4) is 0 Å². The van der Waals surface area contributed by atoms with Gasteiger partial charge in [0.1, 0.15) is 0 Å². The van der Waals surface area contributed by atoms with Crippen LogP contribution in [0.25, 0.3) is 0 Å². The van der Waals surface area contributed by atoms with E-state index < -0.39 is 5.60 Å². The summed E-state index contributed by atoms with van der Waals surface area (Å²) in [5.74, 6) is -0.0483. The maximum atomic E-state index is 12.5. The minimum atomic E-state index is -0.893. The summed E-state index contributed by atoms with van der Waals surface area (Å²) < 4.78 is 11.6. The van der Waals surface area contributed by atoms with Crippen LogP contribution in [0.2, 0.25) is 0 Å². The van der Waals surface area contributed by atoms with E-state index in [2.05, 4.69) is 13.8 Å². The Morgan fingerprint density at radius 2 is 1.84 bits per heavy atom. The van der Waals surface area contributed by atoms with E-state index in [-0.39, 0.29) is 23.6 Å². The minimum absolute atomic E-state index is 0.0295. The molecule has 3 atom stereocenters. The number of fused-ring (bicyclic) bond motifs is 1. The number of benzene rings is 1. The zero-order chi connectivity index (χ0) is 13.7. The molecule has 0 aliphatic carbocycles. The third-order valence-electron chi connectivity index (χ3n) is 4.43. The predicted octanol–water partition coefficient (Wildman–Crippen LogP) is 3.03. The van der Waals surface area contributed by atoms with Gasteiger partial charge < -0.3 is 9.47 Å². The Balaban J connectivity index is 2.07. The lowest BCUT2D eigenvalue weighted by Gasteiger charge is -2.57. The van der Waals surface area contributed by atoms with Crippen molar-refractivity contribution in [3.05, 3.63) is 35.9 Å². The molecule has 19 heavy (non-hydrogen) atoms. The molecule has 102 valence electrons. The molecule has 3 heteroatoms. The molecule has 2 fully saturated rings. The van der Waals surface area contributed by atoms with Gasteiger partial charge in [-0.05, 0) is 39.2 Å². The van der Waals surface area contributed by atoms with E-state index in [1.165, 1.54) is 0 Å². The first-order valence-electron chi connectivity index (χ1n) is 6.93. The fourth-order valence-electron chi connectivity index (χ4n) is 3.52. The summed E-state index contributed by atoms with van der Waals surface area (Å²) in [5.41, 5.74) is -0.243. The molecule has 0 radical (unpaired) electrons. The van der Waals surface area contributed by atoms with Crippen LogP contribution in [0.15, 0.2) is 30.3 Å². The van der Waals surface area contributed by atoms with Crippen LogP contribution in [0.1, 0.15) is 39.2 Å². The van der Waals surface area contributed by atoms with Gasteiger partial charge >= 0.3 is 5.97 Å². The second-order valence-corrected chi connectivity index (χ2v) is 6.15. The van der Waals surface area contributed by atoms with Crippen molar-refractivity contribution >= 4 is 5.97 Å². The highest BCUT2D eigenvalue weighted by Crippen LogP contribution is 2.57. The van der Waals surface area contributed by atoms with Crippen LogP contribution in [0, 0.1) is 5.92 Å². The Morgan fingerprint density at radius 3 is 2.47 bits per heavy atom. The molecule has 2 aliphatic rings. The molecule has 2 saturated heterocycles. The van der Waals surface area contributed by atoms with Gasteiger partial charge in [-0.15, -0.1) is 0 Å². The monoisotopic (exact) mass is 260 g/mol. The van der Waals surface area contributed by atoms with E-state index in [0.717, 1.165) is 18.4 Å². The van der Waals surface area contributed by atoms with Crippen molar-refractivity contribution in [2.75, 3.05) is 0 Å². The number of cyclic esters (lactones) is 1. The molecule has 1 aromatic rings. The Kier molecular flexibility index (Phi) is 2.72. The van der Waals surface area contributed by atoms with Crippen molar-refractivity contribution in [3.8, 4) is 0 Å². The second kappa shape index (κ2) is 4.07. The third-order valence-corrected chi connectivity index (χ3v) is 4.43.